The molecule has 4 aromatic rings. The maximum Gasteiger partial charge on any atom is 0.326 e. The van der Waals surface area contributed by atoms with Crippen molar-refractivity contribution in [2.75, 3.05) is 25.1 Å². The molecule has 0 saturated carbocycles. The number of ether oxygens (including phenoxy) is 2. The standard InChI is InChI=1S/C21H21N7O3/c1-12(29)24-13-6-7-28(10-13)20-17-15-4-3-5-16(30-2)18(15)25-19(17)26-21(27-20)31-14-8-22-11-23-9-14/h3-5,8-9,11,13H,6-7,10H2,1-2H3,(H,24,29)(H,25,26,27)/t13-/m0/s1. The Morgan fingerprint density at radius 2 is 2.10 bits per heavy atom. The van der Waals surface area contributed by atoms with Gasteiger partial charge in [-0.1, -0.05) is 12.1 Å². The zero-order valence-electron chi connectivity index (χ0n) is 17.1. The maximum atomic E-state index is 11.5. The number of methoxy groups -OCH3 is 1. The van der Waals surface area contributed by atoms with Crippen LogP contribution in [0, 0.1) is 0 Å². The first-order valence-electron chi connectivity index (χ1n) is 9.93. The molecule has 1 aromatic carbocycles. The molecule has 0 aliphatic carbocycles. The number of rotatable bonds is 5. The predicted molar refractivity (Wildman–Crippen MR) is 114 cm³/mol. The summed E-state index contributed by atoms with van der Waals surface area (Å²) in [6, 6.07) is 6.09. The predicted octanol–water partition coefficient (Wildman–Crippen LogP) is 2.42. The van der Waals surface area contributed by atoms with Crippen molar-refractivity contribution in [3.8, 4) is 17.5 Å². The fourth-order valence-corrected chi connectivity index (χ4v) is 4.00. The fourth-order valence-electron chi connectivity index (χ4n) is 4.00. The SMILES string of the molecule is COc1cccc2c1[nH]c1nc(Oc3cncnc3)nc(N3CC[C@H](NC(C)=O)C3)c12. The summed E-state index contributed by atoms with van der Waals surface area (Å²) in [6.45, 7) is 2.93. The molecule has 1 fully saturated rings. The van der Waals surface area contributed by atoms with Gasteiger partial charge in [0, 0.05) is 31.4 Å². The average Bonchev–Trinajstić information content (AvgIpc) is 3.37. The minimum absolute atomic E-state index is 0.0374. The number of amides is 1. The van der Waals surface area contributed by atoms with E-state index in [-0.39, 0.29) is 18.0 Å². The lowest BCUT2D eigenvalue weighted by Crippen LogP contribution is -2.35. The third-order valence-corrected chi connectivity index (χ3v) is 5.27. The first-order valence-corrected chi connectivity index (χ1v) is 9.93. The van der Waals surface area contributed by atoms with E-state index in [0.717, 1.165) is 40.8 Å². The molecule has 3 aromatic heterocycles. The van der Waals surface area contributed by atoms with Crippen molar-refractivity contribution < 1.29 is 14.3 Å². The highest BCUT2D eigenvalue weighted by atomic mass is 16.5. The van der Waals surface area contributed by atoms with Gasteiger partial charge in [-0.05, 0) is 12.5 Å². The van der Waals surface area contributed by atoms with Gasteiger partial charge in [-0.2, -0.15) is 9.97 Å². The molecule has 0 bridgehead atoms. The minimum atomic E-state index is -0.0374. The van der Waals surface area contributed by atoms with Gasteiger partial charge in [-0.25, -0.2) is 9.97 Å². The van der Waals surface area contributed by atoms with Crippen LogP contribution in [0.5, 0.6) is 17.5 Å². The third-order valence-electron chi connectivity index (χ3n) is 5.27. The molecule has 0 radical (unpaired) electrons. The van der Waals surface area contributed by atoms with Crippen LogP contribution in [0.25, 0.3) is 21.9 Å². The summed E-state index contributed by atoms with van der Waals surface area (Å²) in [7, 11) is 1.63. The van der Waals surface area contributed by atoms with Crippen LogP contribution in [-0.4, -0.2) is 57.1 Å². The van der Waals surface area contributed by atoms with Crippen LogP contribution >= 0.6 is 0 Å². The van der Waals surface area contributed by atoms with E-state index in [2.05, 4.69) is 30.2 Å². The average molecular weight is 419 g/mol. The molecule has 10 heteroatoms. The number of hydrogen-bond donors (Lipinski definition) is 2. The maximum absolute atomic E-state index is 11.5. The highest BCUT2D eigenvalue weighted by molar-refractivity contribution is 6.13. The highest BCUT2D eigenvalue weighted by Gasteiger charge is 2.28. The van der Waals surface area contributed by atoms with Crippen molar-refractivity contribution in [3.63, 3.8) is 0 Å². The van der Waals surface area contributed by atoms with E-state index < -0.39 is 0 Å². The van der Waals surface area contributed by atoms with Crippen molar-refractivity contribution in [3.05, 3.63) is 36.9 Å². The van der Waals surface area contributed by atoms with Gasteiger partial charge in [0.2, 0.25) is 5.91 Å². The molecule has 2 N–H and O–H groups in total. The van der Waals surface area contributed by atoms with Gasteiger partial charge in [0.15, 0.2) is 5.75 Å². The number of hydrogen-bond acceptors (Lipinski definition) is 8. The number of aromatic nitrogens is 5. The smallest absolute Gasteiger partial charge is 0.326 e. The Kier molecular flexibility index (Phi) is 4.73. The van der Waals surface area contributed by atoms with Crippen LogP contribution in [0.2, 0.25) is 0 Å². The molecule has 4 heterocycles. The van der Waals surface area contributed by atoms with Gasteiger partial charge in [0.25, 0.3) is 0 Å². The van der Waals surface area contributed by atoms with Crippen LogP contribution < -0.4 is 19.7 Å². The molecule has 1 aliphatic rings. The summed E-state index contributed by atoms with van der Waals surface area (Å²) in [6.07, 6.45) is 5.37. The van der Waals surface area contributed by atoms with Gasteiger partial charge < -0.3 is 24.7 Å². The number of H-pyrrole nitrogens is 1. The number of anilines is 1. The monoisotopic (exact) mass is 419 g/mol. The van der Waals surface area contributed by atoms with Gasteiger partial charge >= 0.3 is 6.01 Å². The summed E-state index contributed by atoms with van der Waals surface area (Å²) in [5, 5.41) is 4.84. The molecule has 1 saturated heterocycles. The van der Waals surface area contributed by atoms with Crippen molar-refractivity contribution in [2.24, 2.45) is 0 Å². The molecular weight excluding hydrogens is 398 g/mol. The molecule has 158 valence electrons. The number of carbonyl (C=O) groups is 1. The lowest BCUT2D eigenvalue weighted by molar-refractivity contribution is -0.119. The number of aromatic amines is 1. The van der Waals surface area contributed by atoms with Gasteiger partial charge in [-0.3, -0.25) is 4.79 Å². The van der Waals surface area contributed by atoms with Crippen LogP contribution in [-0.2, 0) is 4.79 Å². The van der Waals surface area contributed by atoms with Crippen LogP contribution in [0.15, 0.2) is 36.9 Å². The first-order chi connectivity index (χ1) is 15.1. The molecule has 0 unspecified atom stereocenters. The second-order valence-corrected chi connectivity index (χ2v) is 7.37. The number of benzene rings is 1. The second kappa shape index (κ2) is 7.71. The second-order valence-electron chi connectivity index (χ2n) is 7.37. The first kappa shape index (κ1) is 19.0. The zero-order valence-corrected chi connectivity index (χ0v) is 17.1. The fraction of sp³-hybridized carbons (Fsp3) is 0.286. The topological polar surface area (TPSA) is 118 Å². The molecule has 31 heavy (non-hydrogen) atoms. The van der Waals surface area contributed by atoms with Crippen molar-refractivity contribution in [2.45, 2.75) is 19.4 Å². The molecule has 1 atom stereocenters. The Hall–Kier alpha value is -3.95. The van der Waals surface area contributed by atoms with Gasteiger partial charge in [-0.15, -0.1) is 0 Å². The minimum Gasteiger partial charge on any atom is -0.495 e. The molecule has 5 rings (SSSR count). The Bertz CT molecular complexity index is 1260. The molecule has 1 amide bonds. The van der Waals surface area contributed by atoms with E-state index >= 15 is 0 Å². The molecule has 1 aliphatic heterocycles. The largest absolute Gasteiger partial charge is 0.495 e. The Balaban J connectivity index is 1.64. The van der Waals surface area contributed by atoms with E-state index in [1.165, 1.54) is 13.3 Å². The number of nitrogens with zero attached hydrogens (tertiary/aromatic N) is 5. The van der Waals surface area contributed by atoms with Crippen molar-refractivity contribution >= 4 is 33.7 Å². The molecular formula is C21H21N7O3. The van der Waals surface area contributed by atoms with Gasteiger partial charge in [0.05, 0.1) is 30.4 Å². The number of para-hydroxylation sites is 1. The normalized spacial score (nSPS) is 16.1. The Labute approximate surface area is 177 Å². The Morgan fingerprint density at radius 3 is 2.87 bits per heavy atom. The molecule has 0 spiro atoms. The highest BCUT2D eigenvalue weighted by Crippen LogP contribution is 2.38. The van der Waals surface area contributed by atoms with E-state index in [4.69, 9.17) is 14.5 Å². The molecule has 10 nitrogen and oxygen atoms in total. The van der Waals surface area contributed by atoms with E-state index in [0.29, 0.717) is 17.9 Å². The summed E-state index contributed by atoms with van der Waals surface area (Å²) in [5.41, 5.74) is 1.48. The summed E-state index contributed by atoms with van der Waals surface area (Å²) < 4.78 is 11.4. The van der Waals surface area contributed by atoms with Crippen LogP contribution in [0.4, 0.5) is 5.82 Å². The number of nitrogens with one attached hydrogen (secondary N) is 2. The van der Waals surface area contributed by atoms with E-state index in [9.17, 15) is 4.79 Å². The van der Waals surface area contributed by atoms with Gasteiger partial charge in [0.1, 0.15) is 23.5 Å². The van der Waals surface area contributed by atoms with E-state index in [1.54, 1.807) is 19.5 Å². The van der Waals surface area contributed by atoms with E-state index in [1.807, 2.05) is 18.2 Å². The van der Waals surface area contributed by atoms with Crippen LogP contribution in [0.1, 0.15) is 13.3 Å². The van der Waals surface area contributed by atoms with Crippen molar-refractivity contribution in [1.29, 1.82) is 0 Å². The number of fused-ring (bicyclic) bond motifs is 3. The number of carbonyl (C=O) groups excluding carboxylic acids is 1. The lowest BCUT2D eigenvalue weighted by atomic mass is 10.2. The summed E-state index contributed by atoms with van der Waals surface area (Å²) in [4.78, 5) is 34.3. The summed E-state index contributed by atoms with van der Waals surface area (Å²) in [5.74, 6) is 1.87. The van der Waals surface area contributed by atoms with Crippen LogP contribution in [0.3, 0.4) is 0 Å². The van der Waals surface area contributed by atoms with Crippen molar-refractivity contribution in [1.82, 2.24) is 30.2 Å². The quantitative estimate of drug-likeness (QED) is 0.506. The Morgan fingerprint density at radius 1 is 1.26 bits per heavy atom. The zero-order chi connectivity index (χ0) is 21.4. The summed E-state index contributed by atoms with van der Waals surface area (Å²) >= 11 is 0. The lowest BCUT2D eigenvalue weighted by Gasteiger charge is -2.19. The third kappa shape index (κ3) is 3.56.